The van der Waals surface area contributed by atoms with Crippen molar-refractivity contribution in [2.45, 2.75) is 0 Å². The molecule has 2 aromatic rings. The zero-order valence-corrected chi connectivity index (χ0v) is 16.4. The molecule has 0 radical (unpaired) electrons. The van der Waals surface area contributed by atoms with Crippen LogP contribution in [0.3, 0.4) is 0 Å². The minimum Gasteiger partial charge on any atom is -0.493 e. The van der Waals surface area contributed by atoms with Crippen molar-refractivity contribution in [3.63, 3.8) is 0 Å². The Morgan fingerprint density at radius 3 is 1.96 bits per heavy atom. The van der Waals surface area contributed by atoms with Gasteiger partial charge in [-0.25, -0.2) is 14.0 Å². The van der Waals surface area contributed by atoms with E-state index in [1.165, 1.54) is 0 Å². The summed E-state index contributed by atoms with van der Waals surface area (Å²) in [5, 5.41) is 2.07. The van der Waals surface area contributed by atoms with Gasteiger partial charge >= 0.3 is 0 Å². The average Bonchev–Trinajstić information content (AvgIpc) is 2.54. The van der Waals surface area contributed by atoms with Gasteiger partial charge in [-0.15, -0.1) is 0 Å². The first kappa shape index (κ1) is 18.7. The van der Waals surface area contributed by atoms with Crippen molar-refractivity contribution in [2.24, 2.45) is 4.91 Å². The molecule has 7 heteroatoms. The molecular weight excluding hydrogens is 323 g/mol. The lowest BCUT2D eigenvalue weighted by Gasteiger charge is -2.39. The first-order valence-electron chi connectivity index (χ1n) is 7.72. The molecule has 0 bridgehead atoms. The van der Waals surface area contributed by atoms with Crippen LogP contribution in [0.5, 0.6) is 11.5 Å². The van der Waals surface area contributed by atoms with Gasteiger partial charge in [0.15, 0.2) is 5.75 Å². The molecule has 0 amide bonds. The summed E-state index contributed by atoms with van der Waals surface area (Å²) in [6, 6.07) is 12.0. The number of hydrogen-bond acceptors (Lipinski definition) is 3. The molecule has 0 unspecified atom stereocenters. The minimum atomic E-state index is -2.14. The zero-order chi connectivity index (χ0) is 17.9. The molecule has 2 rings (SSSR count). The van der Waals surface area contributed by atoms with Crippen molar-refractivity contribution >= 4 is 18.3 Å². The van der Waals surface area contributed by atoms with Crippen molar-refractivity contribution in [3.05, 3.63) is 36.4 Å². The quantitative estimate of drug-likeness (QED) is 0.586. The summed E-state index contributed by atoms with van der Waals surface area (Å²) in [5.74, 6) is 1.32. The van der Waals surface area contributed by atoms with E-state index in [4.69, 9.17) is 14.5 Å². The summed E-state index contributed by atoms with van der Waals surface area (Å²) < 4.78 is 11.8. The Morgan fingerprint density at radius 1 is 0.833 bits per heavy atom. The second-order valence-electron chi connectivity index (χ2n) is 6.07. The van der Waals surface area contributed by atoms with Crippen LogP contribution in [0.25, 0.3) is 10.8 Å². The van der Waals surface area contributed by atoms with Gasteiger partial charge in [0.05, 0.1) is 7.11 Å². The Labute approximate surface area is 144 Å². The minimum absolute atomic E-state index is 0.644. The summed E-state index contributed by atoms with van der Waals surface area (Å²) in [7, 11) is 11.6. The predicted octanol–water partition coefficient (Wildman–Crippen LogP) is 3.77. The van der Waals surface area contributed by atoms with Crippen molar-refractivity contribution in [3.8, 4) is 11.5 Å². The summed E-state index contributed by atoms with van der Waals surface area (Å²) in [6.45, 7) is 0. The van der Waals surface area contributed by atoms with Crippen LogP contribution >= 0.6 is 7.51 Å². The molecule has 24 heavy (non-hydrogen) atoms. The maximum absolute atomic E-state index is 6.02. The Hall–Kier alpha value is -1.59. The molecule has 0 aliphatic heterocycles. The van der Waals surface area contributed by atoms with Gasteiger partial charge in [-0.2, -0.15) is 0 Å². The van der Waals surface area contributed by atoms with E-state index in [9.17, 15) is 0 Å². The molecule has 0 fully saturated rings. The van der Waals surface area contributed by atoms with Crippen LogP contribution in [0, 0.1) is 0 Å². The smallest absolute Gasteiger partial charge is 0.210 e. The summed E-state index contributed by atoms with van der Waals surface area (Å²) >= 11 is 0. The molecule has 0 aliphatic carbocycles. The lowest BCUT2D eigenvalue weighted by molar-refractivity contribution is 0.304. The Morgan fingerprint density at radius 2 is 1.42 bits per heavy atom. The lowest BCUT2D eigenvalue weighted by Crippen LogP contribution is -2.31. The van der Waals surface area contributed by atoms with Crippen molar-refractivity contribution < 1.29 is 9.57 Å². The lowest BCUT2D eigenvalue weighted by atomic mass is 10.1. The van der Waals surface area contributed by atoms with E-state index in [-0.39, 0.29) is 0 Å². The van der Waals surface area contributed by atoms with E-state index in [1.54, 1.807) is 7.11 Å². The first-order valence-corrected chi connectivity index (χ1v) is 9.32. The SMILES string of the molecule is COc1ccc2ccccc2c1ON=P(N(C)C)(N(C)C)N(C)C. The van der Waals surface area contributed by atoms with Crippen LogP contribution in [0.4, 0.5) is 0 Å². The summed E-state index contributed by atoms with van der Waals surface area (Å²) in [5.41, 5.74) is 0. The normalized spacial score (nSPS) is 12.2. The predicted molar refractivity (Wildman–Crippen MR) is 102 cm³/mol. The van der Waals surface area contributed by atoms with Crippen molar-refractivity contribution in [2.75, 3.05) is 49.4 Å². The Bertz CT molecular complexity index is 731. The van der Waals surface area contributed by atoms with Gasteiger partial charge < -0.3 is 9.57 Å². The molecule has 0 atom stereocenters. The maximum atomic E-state index is 6.02. The number of benzene rings is 2. The van der Waals surface area contributed by atoms with E-state index in [0.29, 0.717) is 11.5 Å². The third-order valence-corrected chi connectivity index (χ3v) is 7.44. The highest BCUT2D eigenvalue weighted by atomic mass is 31.2. The van der Waals surface area contributed by atoms with Crippen molar-refractivity contribution in [1.82, 2.24) is 14.0 Å². The second-order valence-corrected chi connectivity index (χ2v) is 9.71. The number of rotatable bonds is 6. The van der Waals surface area contributed by atoms with E-state index in [0.717, 1.165) is 10.8 Å². The molecule has 132 valence electrons. The molecule has 0 saturated carbocycles. The number of fused-ring (bicyclic) bond motifs is 1. The molecular formula is C17H27N4O2P. The third-order valence-electron chi connectivity index (χ3n) is 3.92. The molecule has 0 heterocycles. The number of nitrogens with zero attached hydrogens (tertiary/aromatic N) is 4. The highest BCUT2D eigenvalue weighted by Crippen LogP contribution is 2.55. The average molecular weight is 350 g/mol. The van der Waals surface area contributed by atoms with Gasteiger partial charge in [0.1, 0.15) is 0 Å². The highest BCUT2D eigenvalue weighted by molar-refractivity contribution is 7.58. The van der Waals surface area contributed by atoms with Crippen LogP contribution in [-0.4, -0.2) is 63.4 Å². The van der Waals surface area contributed by atoms with Gasteiger partial charge in [0, 0.05) is 5.39 Å². The monoisotopic (exact) mass is 350 g/mol. The fourth-order valence-electron chi connectivity index (χ4n) is 2.87. The Kier molecular flexibility index (Phi) is 5.88. The number of methoxy groups -OCH3 is 1. The van der Waals surface area contributed by atoms with E-state index >= 15 is 0 Å². The van der Waals surface area contributed by atoms with Crippen molar-refractivity contribution in [1.29, 1.82) is 0 Å². The number of ether oxygens (including phenoxy) is 1. The van der Waals surface area contributed by atoms with E-state index in [1.807, 2.05) is 78.7 Å². The molecule has 6 nitrogen and oxygen atoms in total. The highest BCUT2D eigenvalue weighted by Gasteiger charge is 2.30. The van der Waals surface area contributed by atoms with Crippen LogP contribution in [0.15, 0.2) is 41.3 Å². The largest absolute Gasteiger partial charge is 0.493 e. The molecule has 0 aliphatic rings. The molecule has 0 N–H and O–H groups in total. The second kappa shape index (κ2) is 7.53. The zero-order valence-electron chi connectivity index (χ0n) is 15.5. The first-order chi connectivity index (χ1) is 11.3. The maximum Gasteiger partial charge on any atom is 0.210 e. The van der Waals surface area contributed by atoms with Crippen LogP contribution in [0.2, 0.25) is 0 Å². The van der Waals surface area contributed by atoms with Crippen LogP contribution < -0.4 is 9.57 Å². The number of hydrogen-bond donors (Lipinski definition) is 0. The van der Waals surface area contributed by atoms with Gasteiger partial charge in [0.2, 0.25) is 13.3 Å². The van der Waals surface area contributed by atoms with Gasteiger partial charge in [-0.05, 0) is 53.7 Å². The topological polar surface area (TPSA) is 40.5 Å². The van der Waals surface area contributed by atoms with Crippen LogP contribution in [-0.2, 0) is 0 Å². The van der Waals surface area contributed by atoms with Crippen LogP contribution in [0.1, 0.15) is 0 Å². The molecule has 0 spiro atoms. The van der Waals surface area contributed by atoms with E-state index in [2.05, 4.69) is 14.0 Å². The fraction of sp³-hybridized carbons (Fsp3) is 0.412. The Balaban J connectivity index is 2.63. The van der Waals surface area contributed by atoms with Gasteiger partial charge in [-0.1, -0.05) is 35.2 Å². The third kappa shape index (κ3) is 3.28. The molecule has 0 aromatic heterocycles. The van der Waals surface area contributed by atoms with Gasteiger partial charge in [-0.3, -0.25) is 0 Å². The molecule has 0 saturated heterocycles. The fourth-order valence-corrected chi connectivity index (χ4v) is 5.64. The summed E-state index contributed by atoms with van der Waals surface area (Å²) in [6.07, 6.45) is 0. The van der Waals surface area contributed by atoms with E-state index < -0.39 is 7.51 Å². The standard InChI is InChI=1S/C17H27N4O2P/c1-19(2)24(20(3)4,21(5)6)18-23-17-15-11-9-8-10-14(15)12-13-16(17)22-7/h8-13H,1-7H3. The van der Waals surface area contributed by atoms with Gasteiger partial charge in [0.25, 0.3) is 0 Å². The molecule has 2 aromatic carbocycles. The summed E-state index contributed by atoms with van der Waals surface area (Å²) in [4.78, 5) is 10.7.